The Kier molecular flexibility index (Phi) is 5.78. The number of hydrogen-bond acceptors (Lipinski definition) is 4. The number of ether oxygens (including phenoxy) is 2. The summed E-state index contributed by atoms with van der Waals surface area (Å²) in [5, 5.41) is 8.82. The SMILES string of the molecule is CCOC(=O)COc1ccc(-c2ccc(C#N)cc2)cc1I. The molecule has 0 radical (unpaired) electrons. The van der Waals surface area contributed by atoms with Crippen LogP contribution >= 0.6 is 22.6 Å². The zero-order valence-electron chi connectivity index (χ0n) is 12.0. The third-order valence-electron chi connectivity index (χ3n) is 2.93. The zero-order valence-corrected chi connectivity index (χ0v) is 14.2. The Morgan fingerprint density at radius 1 is 1.18 bits per heavy atom. The predicted octanol–water partition coefficient (Wildman–Crippen LogP) is 3.77. The van der Waals surface area contributed by atoms with E-state index in [1.165, 1.54) is 0 Å². The van der Waals surface area contributed by atoms with Crippen molar-refractivity contribution in [3.63, 3.8) is 0 Å². The number of carbonyl (C=O) groups is 1. The van der Waals surface area contributed by atoms with E-state index >= 15 is 0 Å². The Morgan fingerprint density at radius 3 is 2.45 bits per heavy atom. The van der Waals surface area contributed by atoms with Gasteiger partial charge in [-0.2, -0.15) is 5.26 Å². The highest BCUT2D eigenvalue weighted by Gasteiger charge is 2.08. The fourth-order valence-electron chi connectivity index (χ4n) is 1.87. The molecule has 0 aromatic heterocycles. The number of nitrogens with zero attached hydrogens (tertiary/aromatic N) is 1. The summed E-state index contributed by atoms with van der Waals surface area (Å²) in [6.07, 6.45) is 0. The van der Waals surface area contributed by atoms with Crippen LogP contribution in [0.5, 0.6) is 5.75 Å². The second-order valence-electron chi connectivity index (χ2n) is 4.43. The summed E-state index contributed by atoms with van der Waals surface area (Å²) in [6, 6.07) is 15.2. The number of rotatable bonds is 5. The number of hydrogen-bond donors (Lipinski definition) is 0. The van der Waals surface area contributed by atoms with Crippen LogP contribution in [0.3, 0.4) is 0 Å². The average Bonchev–Trinajstić information content (AvgIpc) is 2.54. The quantitative estimate of drug-likeness (QED) is 0.560. The first-order valence-corrected chi connectivity index (χ1v) is 7.80. The third-order valence-corrected chi connectivity index (χ3v) is 3.77. The van der Waals surface area contributed by atoms with Gasteiger partial charge in [0, 0.05) is 0 Å². The van der Waals surface area contributed by atoms with Gasteiger partial charge >= 0.3 is 5.97 Å². The number of benzene rings is 2. The molecule has 2 rings (SSSR count). The standard InChI is InChI=1S/C17H14INO3/c1-2-21-17(20)11-22-16-8-7-14(9-15(16)18)13-5-3-12(10-19)4-6-13/h3-9H,2,11H2,1H3. The van der Waals surface area contributed by atoms with Gasteiger partial charge in [0.15, 0.2) is 6.61 Å². The molecule has 4 nitrogen and oxygen atoms in total. The topological polar surface area (TPSA) is 59.3 Å². The Morgan fingerprint density at radius 2 is 1.86 bits per heavy atom. The monoisotopic (exact) mass is 407 g/mol. The zero-order chi connectivity index (χ0) is 15.9. The van der Waals surface area contributed by atoms with E-state index in [-0.39, 0.29) is 12.6 Å². The lowest BCUT2D eigenvalue weighted by molar-refractivity contribution is -0.145. The first-order valence-electron chi connectivity index (χ1n) is 6.72. The molecule has 0 atom stereocenters. The van der Waals surface area contributed by atoms with Crippen LogP contribution in [0.2, 0.25) is 0 Å². The van der Waals surface area contributed by atoms with E-state index in [1.807, 2.05) is 30.3 Å². The summed E-state index contributed by atoms with van der Waals surface area (Å²) in [5.74, 6) is 0.264. The van der Waals surface area contributed by atoms with Gasteiger partial charge in [0.1, 0.15) is 5.75 Å². The maximum absolute atomic E-state index is 11.3. The molecular weight excluding hydrogens is 393 g/mol. The van der Waals surface area contributed by atoms with Crippen LogP contribution in [0.1, 0.15) is 12.5 Å². The molecular formula is C17H14INO3. The molecule has 0 aliphatic carbocycles. The lowest BCUT2D eigenvalue weighted by atomic mass is 10.0. The predicted molar refractivity (Wildman–Crippen MR) is 91.4 cm³/mol. The molecule has 0 saturated carbocycles. The number of carbonyl (C=O) groups excluding carboxylic acids is 1. The van der Waals surface area contributed by atoms with Crippen molar-refractivity contribution in [2.24, 2.45) is 0 Å². The van der Waals surface area contributed by atoms with Crippen LogP contribution in [0.4, 0.5) is 0 Å². The van der Waals surface area contributed by atoms with Crippen molar-refractivity contribution in [2.45, 2.75) is 6.92 Å². The minimum Gasteiger partial charge on any atom is -0.481 e. The van der Waals surface area contributed by atoms with Gasteiger partial charge in [-0.3, -0.25) is 0 Å². The normalized spacial score (nSPS) is 9.86. The van der Waals surface area contributed by atoms with Gasteiger partial charge in [-0.25, -0.2) is 4.79 Å². The van der Waals surface area contributed by atoms with E-state index in [2.05, 4.69) is 28.7 Å². The molecule has 2 aromatic carbocycles. The smallest absolute Gasteiger partial charge is 0.344 e. The minimum atomic E-state index is -0.380. The van der Waals surface area contributed by atoms with Crippen molar-refractivity contribution in [1.82, 2.24) is 0 Å². The van der Waals surface area contributed by atoms with Crippen LogP contribution in [-0.4, -0.2) is 19.2 Å². The van der Waals surface area contributed by atoms with Gasteiger partial charge in [0.2, 0.25) is 0 Å². The molecule has 0 bridgehead atoms. The maximum Gasteiger partial charge on any atom is 0.344 e. The van der Waals surface area contributed by atoms with Crippen LogP contribution in [0.25, 0.3) is 11.1 Å². The van der Waals surface area contributed by atoms with Gasteiger partial charge in [0.25, 0.3) is 0 Å². The molecule has 5 heteroatoms. The van der Waals surface area contributed by atoms with Crippen molar-refractivity contribution in [3.8, 4) is 22.9 Å². The molecule has 0 amide bonds. The van der Waals surface area contributed by atoms with Gasteiger partial charge in [0.05, 0.1) is 21.8 Å². The van der Waals surface area contributed by atoms with Gasteiger partial charge in [-0.05, 0) is 64.9 Å². The Bertz CT molecular complexity index is 705. The van der Waals surface area contributed by atoms with E-state index < -0.39 is 0 Å². The van der Waals surface area contributed by atoms with Crippen LogP contribution < -0.4 is 4.74 Å². The van der Waals surface area contributed by atoms with Crippen LogP contribution in [-0.2, 0) is 9.53 Å². The molecule has 0 aliphatic heterocycles. The van der Waals surface area contributed by atoms with Gasteiger partial charge in [-0.15, -0.1) is 0 Å². The average molecular weight is 407 g/mol. The van der Waals surface area contributed by atoms with Crippen LogP contribution in [0, 0.1) is 14.9 Å². The molecule has 0 spiro atoms. The first-order chi connectivity index (χ1) is 10.6. The first kappa shape index (κ1) is 16.3. The second-order valence-corrected chi connectivity index (χ2v) is 5.59. The third kappa shape index (κ3) is 4.21. The molecule has 2 aromatic rings. The minimum absolute atomic E-state index is 0.0972. The van der Waals surface area contributed by atoms with E-state index in [0.717, 1.165) is 14.7 Å². The molecule has 0 aliphatic rings. The number of halogens is 1. The van der Waals surface area contributed by atoms with E-state index in [0.29, 0.717) is 17.9 Å². The summed E-state index contributed by atoms with van der Waals surface area (Å²) >= 11 is 2.17. The molecule has 22 heavy (non-hydrogen) atoms. The van der Waals surface area contributed by atoms with Crippen molar-refractivity contribution < 1.29 is 14.3 Å². The Labute approximate surface area is 142 Å². The highest BCUT2D eigenvalue weighted by atomic mass is 127. The van der Waals surface area contributed by atoms with Gasteiger partial charge < -0.3 is 9.47 Å². The fraction of sp³-hybridized carbons (Fsp3) is 0.176. The molecule has 0 saturated heterocycles. The Hall–Kier alpha value is -2.07. The number of esters is 1. The molecule has 0 heterocycles. The maximum atomic E-state index is 11.3. The van der Waals surface area contributed by atoms with E-state index in [1.54, 1.807) is 19.1 Å². The molecule has 0 fully saturated rings. The molecule has 0 unspecified atom stereocenters. The summed E-state index contributed by atoms with van der Waals surface area (Å²) in [7, 11) is 0. The highest BCUT2D eigenvalue weighted by Crippen LogP contribution is 2.28. The summed E-state index contributed by atoms with van der Waals surface area (Å²) < 4.78 is 11.2. The van der Waals surface area contributed by atoms with Crippen molar-refractivity contribution in [2.75, 3.05) is 13.2 Å². The molecule has 0 N–H and O–H groups in total. The lowest BCUT2D eigenvalue weighted by Gasteiger charge is -2.09. The highest BCUT2D eigenvalue weighted by molar-refractivity contribution is 14.1. The van der Waals surface area contributed by atoms with Crippen molar-refractivity contribution in [3.05, 3.63) is 51.6 Å². The van der Waals surface area contributed by atoms with Gasteiger partial charge in [-0.1, -0.05) is 18.2 Å². The largest absolute Gasteiger partial charge is 0.481 e. The second kappa shape index (κ2) is 7.80. The van der Waals surface area contributed by atoms with Crippen molar-refractivity contribution >= 4 is 28.6 Å². The number of nitriles is 1. The summed E-state index contributed by atoms with van der Waals surface area (Å²) in [6.45, 7) is 2.00. The molecule has 112 valence electrons. The fourth-order valence-corrected chi connectivity index (χ4v) is 2.54. The summed E-state index contributed by atoms with van der Waals surface area (Å²) in [4.78, 5) is 11.3. The van der Waals surface area contributed by atoms with Crippen LogP contribution in [0.15, 0.2) is 42.5 Å². The summed E-state index contributed by atoms with van der Waals surface area (Å²) in [5.41, 5.74) is 2.68. The van der Waals surface area contributed by atoms with E-state index in [9.17, 15) is 4.79 Å². The lowest BCUT2D eigenvalue weighted by Crippen LogP contribution is -2.14. The van der Waals surface area contributed by atoms with Crippen molar-refractivity contribution in [1.29, 1.82) is 5.26 Å². The van der Waals surface area contributed by atoms with E-state index in [4.69, 9.17) is 14.7 Å². The Balaban J connectivity index is 2.11.